The minimum absolute atomic E-state index is 0.00763. The van der Waals surface area contributed by atoms with Crippen molar-refractivity contribution in [2.24, 2.45) is 23.7 Å². The quantitative estimate of drug-likeness (QED) is 0.229. The van der Waals surface area contributed by atoms with Crippen LogP contribution in [0.2, 0.25) is 10.0 Å². The van der Waals surface area contributed by atoms with E-state index in [1.54, 1.807) is 43.3 Å². The largest absolute Gasteiger partial charge is 0.504 e. The average Bonchev–Trinajstić information content (AvgIpc) is 3.43. The number of nitrogens with zero attached hydrogens (tertiary/aromatic N) is 3. The van der Waals surface area contributed by atoms with Crippen molar-refractivity contribution in [2.75, 3.05) is 19.1 Å². The topological polar surface area (TPSA) is 129 Å². The van der Waals surface area contributed by atoms with E-state index in [1.165, 1.54) is 13.1 Å². The van der Waals surface area contributed by atoms with E-state index in [9.17, 15) is 32.7 Å². The zero-order valence-corrected chi connectivity index (χ0v) is 28.0. The van der Waals surface area contributed by atoms with E-state index in [4.69, 9.17) is 27.9 Å². The third-order valence-corrected chi connectivity index (χ3v) is 10.9. The number of alkyl halides is 3. The number of fused-ring (bicyclic) bond motifs is 4. The predicted octanol–water partition coefficient (Wildman–Crippen LogP) is 6.13. The van der Waals surface area contributed by atoms with E-state index in [-0.39, 0.29) is 48.6 Å². The lowest BCUT2D eigenvalue weighted by Gasteiger charge is -2.50. The Bertz CT molecular complexity index is 1990. The van der Waals surface area contributed by atoms with Crippen molar-refractivity contribution in [3.05, 3.63) is 93.1 Å². The number of halogens is 5. The standard InChI is InChI=1S/C35H29Cl2F3N4O6/c1-3-50-26-12-16(4-11-25(26)45)28-20-9-10-21-27(32(48)43(2)30(21)46)22(20)14-23-31(47)44(33(49)34(23,28)17-5-7-19(36)8-6-17)42-29-24(37)13-18(15-41-29)35(38,39)40/h4-9,11-13,15,21-23,27-28,45H,3,10,14H2,1-2H3,(H,41,42). The van der Waals surface area contributed by atoms with Gasteiger partial charge in [0.2, 0.25) is 11.8 Å². The number of hydrogen-bond acceptors (Lipinski definition) is 8. The molecule has 50 heavy (non-hydrogen) atoms. The van der Waals surface area contributed by atoms with Gasteiger partial charge in [-0.15, -0.1) is 0 Å². The molecule has 2 aliphatic heterocycles. The lowest BCUT2D eigenvalue weighted by atomic mass is 9.49. The Kier molecular flexibility index (Phi) is 8.13. The van der Waals surface area contributed by atoms with Gasteiger partial charge in [0, 0.05) is 24.2 Å². The number of pyridine rings is 1. The molecule has 4 amide bonds. The molecule has 15 heteroatoms. The number of hydrogen-bond donors (Lipinski definition) is 2. The number of likely N-dealkylation sites (tertiary alicyclic amines) is 1. The number of carbonyl (C=O) groups is 4. The SMILES string of the molecule is CCOc1cc(C2C3=CCC4C(=O)N(C)C(=O)C4C3CC3C(=O)N(Nc4ncc(C(F)(F)F)cc4Cl)C(=O)C32c2ccc(Cl)cc2)ccc1O. The number of anilines is 1. The van der Waals surface area contributed by atoms with Crippen molar-refractivity contribution in [1.82, 2.24) is 14.9 Å². The molecule has 6 atom stereocenters. The van der Waals surface area contributed by atoms with Crippen LogP contribution in [-0.4, -0.2) is 57.3 Å². The third kappa shape index (κ3) is 4.96. The van der Waals surface area contributed by atoms with E-state index < -0.39 is 63.6 Å². The molecule has 2 aromatic carbocycles. The Balaban J connectivity index is 1.45. The Hall–Kier alpha value is -4.62. The predicted molar refractivity (Wildman–Crippen MR) is 174 cm³/mol. The lowest BCUT2D eigenvalue weighted by molar-refractivity contribution is -0.140. The van der Waals surface area contributed by atoms with Crippen molar-refractivity contribution in [3.8, 4) is 11.5 Å². The summed E-state index contributed by atoms with van der Waals surface area (Å²) >= 11 is 12.5. The molecule has 3 aromatic rings. The van der Waals surface area contributed by atoms with Gasteiger partial charge < -0.3 is 9.84 Å². The zero-order valence-electron chi connectivity index (χ0n) is 26.5. The second-order valence-electron chi connectivity index (χ2n) is 12.8. The highest BCUT2D eigenvalue weighted by atomic mass is 35.5. The maximum atomic E-state index is 15.2. The van der Waals surface area contributed by atoms with Crippen LogP contribution < -0.4 is 10.2 Å². The van der Waals surface area contributed by atoms with Crippen LogP contribution in [0.4, 0.5) is 19.0 Å². The van der Waals surface area contributed by atoms with Gasteiger partial charge in [-0.05, 0) is 67.1 Å². The summed E-state index contributed by atoms with van der Waals surface area (Å²) in [7, 11) is 1.42. The van der Waals surface area contributed by atoms with Crippen LogP contribution in [0.1, 0.15) is 42.4 Å². The van der Waals surface area contributed by atoms with Gasteiger partial charge in [-0.25, -0.2) is 4.98 Å². The zero-order chi connectivity index (χ0) is 35.9. The van der Waals surface area contributed by atoms with Crippen LogP contribution >= 0.6 is 23.2 Å². The summed E-state index contributed by atoms with van der Waals surface area (Å²) < 4.78 is 45.9. The Morgan fingerprint density at radius 3 is 2.40 bits per heavy atom. The highest BCUT2D eigenvalue weighted by molar-refractivity contribution is 6.33. The molecule has 0 spiro atoms. The second kappa shape index (κ2) is 12.0. The summed E-state index contributed by atoms with van der Waals surface area (Å²) in [5.41, 5.74) is 1.32. The van der Waals surface area contributed by atoms with Gasteiger partial charge in [0.05, 0.1) is 40.4 Å². The molecular formula is C35H29Cl2F3N4O6. The fourth-order valence-corrected chi connectivity index (χ4v) is 8.63. The summed E-state index contributed by atoms with van der Waals surface area (Å²) in [4.78, 5) is 61.5. The van der Waals surface area contributed by atoms with Gasteiger partial charge in [-0.2, -0.15) is 18.2 Å². The number of amides is 4. The number of imide groups is 2. The van der Waals surface area contributed by atoms with E-state index >= 15 is 4.79 Å². The van der Waals surface area contributed by atoms with Crippen molar-refractivity contribution < 1.29 is 42.2 Å². The molecule has 6 unspecified atom stereocenters. The number of aromatic nitrogens is 1. The van der Waals surface area contributed by atoms with Gasteiger partial charge in [0.25, 0.3) is 11.8 Å². The van der Waals surface area contributed by atoms with Crippen LogP contribution in [0.5, 0.6) is 11.5 Å². The van der Waals surface area contributed by atoms with Crippen molar-refractivity contribution >= 4 is 52.6 Å². The van der Waals surface area contributed by atoms with Crippen LogP contribution in [0.25, 0.3) is 0 Å². The molecule has 260 valence electrons. The molecule has 3 heterocycles. The molecule has 4 aliphatic rings. The van der Waals surface area contributed by atoms with Crippen LogP contribution in [0.15, 0.2) is 66.4 Å². The van der Waals surface area contributed by atoms with Crippen LogP contribution in [-0.2, 0) is 30.8 Å². The number of nitrogens with one attached hydrogen (secondary N) is 1. The fourth-order valence-electron chi connectivity index (χ4n) is 8.30. The number of benzene rings is 2. The number of allylic oxidation sites excluding steroid dienone is 2. The number of rotatable bonds is 6. The van der Waals surface area contributed by atoms with E-state index in [0.29, 0.717) is 34.0 Å². The first-order valence-electron chi connectivity index (χ1n) is 15.8. The highest BCUT2D eigenvalue weighted by Gasteiger charge is 2.70. The van der Waals surface area contributed by atoms with Crippen LogP contribution in [0, 0.1) is 23.7 Å². The number of carbonyl (C=O) groups excluding carboxylic acids is 4. The summed E-state index contributed by atoms with van der Waals surface area (Å²) in [6.45, 7) is 1.95. The normalized spacial score (nSPS) is 27.6. The average molecular weight is 730 g/mol. The number of phenols is 1. The van der Waals surface area contributed by atoms with Gasteiger partial charge >= 0.3 is 6.18 Å². The van der Waals surface area contributed by atoms with Crippen molar-refractivity contribution in [1.29, 1.82) is 0 Å². The molecule has 0 bridgehead atoms. The first kappa shape index (κ1) is 33.9. The lowest BCUT2D eigenvalue weighted by Crippen LogP contribution is -2.53. The summed E-state index contributed by atoms with van der Waals surface area (Å²) in [6.07, 6.45) is -2.13. The summed E-state index contributed by atoms with van der Waals surface area (Å²) in [6, 6.07) is 11.7. The van der Waals surface area contributed by atoms with E-state index in [2.05, 4.69) is 10.4 Å². The second-order valence-corrected chi connectivity index (χ2v) is 13.7. The first-order chi connectivity index (χ1) is 23.7. The van der Waals surface area contributed by atoms with Crippen molar-refractivity contribution in [3.63, 3.8) is 0 Å². The fraction of sp³-hybridized carbons (Fsp3) is 0.343. The molecule has 2 aliphatic carbocycles. The smallest absolute Gasteiger partial charge is 0.417 e. The summed E-state index contributed by atoms with van der Waals surface area (Å²) in [5, 5.41) is 11.2. The van der Waals surface area contributed by atoms with Crippen molar-refractivity contribution in [2.45, 2.75) is 37.3 Å². The number of ether oxygens (including phenoxy) is 1. The maximum absolute atomic E-state index is 15.2. The van der Waals surface area contributed by atoms with Gasteiger partial charge in [-0.1, -0.05) is 53.1 Å². The number of phenolic OH excluding ortho intramolecular Hbond substituents is 1. The molecule has 7 rings (SSSR count). The van der Waals surface area contributed by atoms with Gasteiger partial charge in [-0.3, -0.25) is 29.5 Å². The van der Waals surface area contributed by atoms with Gasteiger partial charge in [0.15, 0.2) is 17.3 Å². The highest BCUT2D eigenvalue weighted by Crippen LogP contribution is 2.64. The molecule has 0 radical (unpaired) electrons. The number of aromatic hydroxyl groups is 1. The Morgan fingerprint density at radius 2 is 1.74 bits per heavy atom. The van der Waals surface area contributed by atoms with E-state index in [1.807, 2.05) is 6.08 Å². The van der Waals surface area contributed by atoms with Gasteiger partial charge in [0.1, 0.15) is 0 Å². The van der Waals surface area contributed by atoms with Crippen LogP contribution in [0.3, 0.4) is 0 Å². The molecule has 1 aromatic heterocycles. The molecule has 2 saturated heterocycles. The minimum Gasteiger partial charge on any atom is -0.504 e. The molecule has 10 nitrogen and oxygen atoms in total. The maximum Gasteiger partial charge on any atom is 0.417 e. The third-order valence-electron chi connectivity index (χ3n) is 10.4. The molecule has 3 fully saturated rings. The molecule has 2 N–H and O–H groups in total. The monoisotopic (exact) mass is 728 g/mol. The Morgan fingerprint density at radius 1 is 1.02 bits per heavy atom. The Labute approximate surface area is 293 Å². The summed E-state index contributed by atoms with van der Waals surface area (Å²) in [5.74, 6) is -6.77. The minimum atomic E-state index is -4.74. The molecule has 1 saturated carbocycles. The molecular weight excluding hydrogens is 700 g/mol. The number of hydrazine groups is 1. The van der Waals surface area contributed by atoms with E-state index in [0.717, 1.165) is 9.91 Å². The first-order valence-corrected chi connectivity index (χ1v) is 16.6.